The second kappa shape index (κ2) is 10.9. The second-order valence-electron chi connectivity index (χ2n) is 8.64. The Balaban J connectivity index is 1.50. The lowest BCUT2D eigenvalue weighted by molar-refractivity contribution is 0.0784. The average Bonchev–Trinajstić information content (AvgIpc) is 3.26. The average molecular weight is 519 g/mol. The van der Waals surface area contributed by atoms with Gasteiger partial charge in [-0.2, -0.15) is 0 Å². The first kappa shape index (κ1) is 24.6. The Kier molecular flexibility index (Phi) is 7.87. The van der Waals surface area contributed by atoms with E-state index in [0.717, 1.165) is 17.7 Å². The van der Waals surface area contributed by atoms with Crippen molar-refractivity contribution >= 4 is 46.4 Å². The maximum absolute atomic E-state index is 13.3. The molecule has 0 spiro atoms. The Morgan fingerprint density at radius 2 is 1.79 bits per heavy atom. The highest BCUT2D eigenvalue weighted by molar-refractivity contribution is 6.42. The lowest BCUT2D eigenvalue weighted by Crippen LogP contribution is -2.29. The van der Waals surface area contributed by atoms with Crippen LogP contribution < -0.4 is 9.64 Å². The number of hydrogen-bond donors (Lipinski definition) is 0. The second-order valence-corrected chi connectivity index (χ2v) is 9.89. The molecule has 1 fully saturated rings. The van der Waals surface area contributed by atoms with E-state index in [1.807, 2.05) is 66.4 Å². The fourth-order valence-corrected chi connectivity index (χ4v) is 4.72. The summed E-state index contributed by atoms with van der Waals surface area (Å²) < 4.78 is 5.84. The van der Waals surface area contributed by atoms with Gasteiger partial charge < -0.3 is 14.5 Å². The summed E-state index contributed by atoms with van der Waals surface area (Å²) in [5.74, 6) is 0.886. The topological polar surface area (TPSA) is 45.7 Å². The third-order valence-corrected chi connectivity index (χ3v) is 7.13. The molecule has 3 aromatic rings. The van der Waals surface area contributed by atoms with E-state index in [1.165, 1.54) is 0 Å². The molecule has 0 unspecified atom stereocenters. The van der Waals surface area contributed by atoms with Crippen LogP contribution in [0.1, 0.15) is 28.3 Å². The minimum absolute atomic E-state index is 0.0261. The van der Waals surface area contributed by atoms with Crippen molar-refractivity contribution in [2.75, 3.05) is 38.7 Å². The van der Waals surface area contributed by atoms with Gasteiger partial charge in [-0.15, -0.1) is 0 Å². The van der Waals surface area contributed by atoms with E-state index in [1.54, 1.807) is 18.3 Å². The van der Waals surface area contributed by atoms with Gasteiger partial charge in [-0.3, -0.25) is 4.79 Å². The fraction of sp³-hybridized carbons (Fsp3) is 0.308. The molecule has 34 heavy (non-hydrogen) atoms. The molecule has 0 radical (unpaired) electrons. The van der Waals surface area contributed by atoms with Gasteiger partial charge in [0.1, 0.15) is 0 Å². The third kappa shape index (κ3) is 5.77. The molecule has 4 rings (SSSR count). The van der Waals surface area contributed by atoms with Gasteiger partial charge in [0.05, 0.1) is 21.7 Å². The molecule has 2 aromatic carbocycles. The van der Waals surface area contributed by atoms with Crippen LogP contribution in [0.3, 0.4) is 0 Å². The number of carbonyl (C=O) groups excluding carboxylic acids is 1. The number of ether oxygens (including phenoxy) is 1. The van der Waals surface area contributed by atoms with Gasteiger partial charge in [0.15, 0.2) is 0 Å². The van der Waals surface area contributed by atoms with E-state index >= 15 is 0 Å². The van der Waals surface area contributed by atoms with Crippen LogP contribution in [-0.2, 0) is 0 Å². The van der Waals surface area contributed by atoms with E-state index in [0.29, 0.717) is 46.2 Å². The fourth-order valence-electron chi connectivity index (χ4n) is 4.30. The molecule has 1 saturated heterocycles. The Bertz CT molecular complexity index is 1140. The van der Waals surface area contributed by atoms with Crippen molar-refractivity contribution in [1.82, 2.24) is 9.88 Å². The quantitative estimate of drug-likeness (QED) is 0.361. The molecule has 0 N–H and O–H groups in total. The van der Waals surface area contributed by atoms with Crippen LogP contribution in [-0.4, -0.2) is 49.6 Å². The number of amides is 1. The van der Waals surface area contributed by atoms with Crippen LogP contribution in [0, 0.1) is 5.92 Å². The summed E-state index contributed by atoms with van der Waals surface area (Å²) in [6, 6.07) is 16.9. The summed E-state index contributed by atoms with van der Waals surface area (Å²) in [6.45, 7) is 1.73. The highest BCUT2D eigenvalue weighted by Crippen LogP contribution is 2.38. The highest BCUT2D eigenvalue weighted by atomic mass is 35.5. The predicted molar refractivity (Wildman–Crippen MR) is 139 cm³/mol. The Morgan fingerprint density at radius 3 is 2.44 bits per heavy atom. The van der Waals surface area contributed by atoms with Crippen molar-refractivity contribution in [2.45, 2.75) is 12.3 Å². The van der Waals surface area contributed by atoms with Gasteiger partial charge >= 0.3 is 0 Å². The largest absolute Gasteiger partial charge is 0.478 e. The first-order valence-electron chi connectivity index (χ1n) is 11.1. The van der Waals surface area contributed by atoms with Gasteiger partial charge in [0, 0.05) is 56.6 Å². The van der Waals surface area contributed by atoms with Crippen molar-refractivity contribution in [2.24, 2.45) is 5.92 Å². The maximum Gasteiger partial charge on any atom is 0.253 e. The van der Waals surface area contributed by atoms with Crippen LogP contribution in [0.25, 0.3) is 0 Å². The standard InChI is InChI=1S/C26H26Cl3N3O2/c1-31(2)21-7-3-17(4-8-21)26(33)32-15-19(11-12-34-25-10-6-20(27)14-30-25)22(16-32)18-5-9-23(28)24(29)13-18/h3-10,13-14,19,22H,11-12,15-16H2,1-2H3/t19-,22-/m1/s1. The SMILES string of the molecule is CN(C)c1ccc(C(=O)N2C[C@@H](CCOc3ccc(Cl)cn3)[C@@H](c3ccc(Cl)c(Cl)c3)C2)cc1. The van der Waals surface area contributed by atoms with Crippen molar-refractivity contribution in [3.63, 3.8) is 0 Å². The normalized spacial score (nSPS) is 17.6. The molecule has 178 valence electrons. The van der Waals surface area contributed by atoms with Gasteiger partial charge in [0.2, 0.25) is 5.88 Å². The Morgan fingerprint density at radius 1 is 1.03 bits per heavy atom. The van der Waals surface area contributed by atoms with E-state index in [9.17, 15) is 4.79 Å². The van der Waals surface area contributed by atoms with Crippen LogP contribution >= 0.6 is 34.8 Å². The number of anilines is 1. The smallest absolute Gasteiger partial charge is 0.253 e. The molecular formula is C26H26Cl3N3O2. The van der Waals surface area contributed by atoms with Gasteiger partial charge in [-0.25, -0.2) is 4.98 Å². The number of carbonyl (C=O) groups is 1. The van der Waals surface area contributed by atoms with E-state index < -0.39 is 0 Å². The summed E-state index contributed by atoms with van der Waals surface area (Å²) in [5.41, 5.74) is 2.81. The molecule has 1 aliphatic heterocycles. The van der Waals surface area contributed by atoms with Crippen LogP contribution in [0.15, 0.2) is 60.8 Å². The zero-order chi connectivity index (χ0) is 24.2. The van der Waals surface area contributed by atoms with E-state index in [-0.39, 0.29) is 17.7 Å². The molecule has 1 amide bonds. The van der Waals surface area contributed by atoms with E-state index in [4.69, 9.17) is 39.5 Å². The molecular weight excluding hydrogens is 493 g/mol. The molecule has 1 aromatic heterocycles. The minimum Gasteiger partial charge on any atom is -0.478 e. The number of halogens is 3. The molecule has 5 nitrogen and oxygen atoms in total. The van der Waals surface area contributed by atoms with Crippen molar-refractivity contribution in [1.29, 1.82) is 0 Å². The number of nitrogens with zero attached hydrogens (tertiary/aromatic N) is 3. The summed E-state index contributed by atoms with van der Waals surface area (Å²) in [6.07, 6.45) is 2.32. The number of rotatable bonds is 7. The molecule has 8 heteroatoms. The van der Waals surface area contributed by atoms with Crippen molar-refractivity contribution < 1.29 is 9.53 Å². The van der Waals surface area contributed by atoms with Gasteiger partial charge in [-0.1, -0.05) is 40.9 Å². The number of pyridine rings is 1. The van der Waals surface area contributed by atoms with Gasteiger partial charge in [0.25, 0.3) is 5.91 Å². The third-order valence-electron chi connectivity index (χ3n) is 6.17. The summed E-state index contributed by atoms with van der Waals surface area (Å²) in [5, 5.41) is 1.60. The van der Waals surface area contributed by atoms with Gasteiger partial charge in [-0.05, 0) is 60.4 Å². The Labute approximate surface area is 215 Å². The molecule has 0 bridgehead atoms. The van der Waals surface area contributed by atoms with E-state index in [2.05, 4.69) is 4.98 Å². The maximum atomic E-state index is 13.3. The summed E-state index contributed by atoms with van der Waals surface area (Å²) in [7, 11) is 3.96. The predicted octanol–water partition coefficient (Wildman–Crippen LogP) is 6.43. The number of hydrogen-bond acceptors (Lipinski definition) is 4. The number of benzene rings is 2. The molecule has 0 aliphatic carbocycles. The lowest BCUT2D eigenvalue weighted by Gasteiger charge is -2.19. The summed E-state index contributed by atoms with van der Waals surface area (Å²) >= 11 is 18.4. The highest BCUT2D eigenvalue weighted by Gasteiger charge is 2.36. The first-order chi connectivity index (χ1) is 16.3. The number of likely N-dealkylation sites (tertiary alicyclic amines) is 1. The van der Waals surface area contributed by atoms with Crippen LogP contribution in [0.5, 0.6) is 5.88 Å². The van der Waals surface area contributed by atoms with Crippen LogP contribution in [0.2, 0.25) is 15.1 Å². The monoisotopic (exact) mass is 517 g/mol. The molecule has 1 aliphatic rings. The molecule has 2 heterocycles. The van der Waals surface area contributed by atoms with Crippen molar-refractivity contribution in [3.05, 3.63) is 87.0 Å². The Hall–Kier alpha value is -2.47. The molecule has 2 atom stereocenters. The lowest BCUT2D eigenvalue weighted by atomic mass is 9.87. The summed E-state index contributed by atoms with van der Waals surface area (Å²) in [4.78, 5) is 21.4. The zero-order valence-corrected chi connectivity index (χ0v) is 21.3. The van der Waals surface area contributed by atoms with Crippen molar-refractivity contribution in [3.8, 4) is 5.88 Å². The first-order valence-corrected chi connectivity index (χ1v) is 12.2. The zero-order valence-electron chi connectivity index (χ0n) is 19.0. The van der Waals surface area contributed by atoms with Crippen LogP contribution in [0.4, 0.5) is 5.69 Å². The minimum atomic E-state index is 0.0261. The molecule has 0 saturated carbocycles. The number of aromatic nitrogens is 1.